The molecule has 0 radical (unpaired) electrons. The summed E-state index contributed by atoms with van der Waals surface area (Å²) in [7, 11) is 0. The molecule has 0 bridgehead atoms. The molecular formula is C24H31N7O3. The van der Waals surface area contributed by atoms with Crippen LogP contribution in [0.4, 0.5) is 22.0 Å². The molecule has 180 valence electrons. The topological polar surface area (TPSA) is 115 Å². The van der Waals surface area contributed by atoms with Crippen molar-refractivity contribution in [2.75, 3.05) is 41.3 Å². The molecule has 0 unspecified atom stereocenters. The molecule has 0 aromatic carbocycles. The normalized spacial score (nSPS) is 16.6. The second-order valence-corrected chi connectivity index (χ2v) is 9.33. The molecule has 0 spiro atoms. The third kappa shape index (κ3) is 4.67. The van der Waals surface area contributed by atoms with Crippen LogP contribution in [0.15, 0.2) is 30.6 Å². The van der Waals surface area contributed by atoms with Crippen LogP contribution in [-0.2, 0) is 11.2 Å². The number of carbonyl (C=O) groups is 2. The molecule has 1 saturated heterocycles. The number of rotatable bonds is 2. The number of carbonyl (C=O) groups excluding carboxylic acids is 1. The summed E-state index contributed by atoms with van der Waals surface area (Å²) in [6.45, 7) is 11.6. The third-order valence-electron chi connectivity index (χ3n) is 6.17. The fourth-order valence-corrected chi connectivity index (χ4v) is 4.69. The minimum absolute atomic E-state index is 0.0618. The van der Waals surface area contributed by atoms with Crippen molar-refractivity contribution < 1.29 is 14.7 Å². The first kappa shape index (κ1) is 23.5. The number of aryl methyl sites for hydroxylation is 2. The molecule has 5 rings (SSSR count). The first-order chi connectivity index (χ1) is 16.2. The molecule has 2 amide bonds. The zero-order valence-electron chi connectivity index (χ0n) is 20.0. The minimum atomic E-state index is -0.250. The molecule has 34 heavy (non-hydrogen) atoms. The number of fused-ring (bicyclic) bond motifs is 2. The monoisotopic (exact) mass is 465 g/mol. The van der Waals surface area contributed by atoms with E-state index in [0.717, 1.165) is 59.9 Å². The Hall–Kier alpha value is -3.66. The molecule has 0 aliphatic carbocycles. The average Bonchev–Trinajstić information content (AvgIpc) is 3.36. The van der Waals surface area contributed by atoms with Gasteiger partial charge in [0.25, 0.3) is 6.47 Å². The highest BCUT2D eigenvalue weighted by Gasteiger charge is 2.32. The van der Waals surface area contributed by atoms with Crippen molar-refractivity contribution in [3.05, 3.63) is 47.4 Å². The van der Waals surface area contributed by atoms with Gasteiger partial charge in [0, 0.05) is 61.0 Å². The summed E-state index contributed by atoms with van der Waals surface area (Å²) < 4.78 is 1.84. The molecule has 3 aromatic rings. The number of pyridine rings is 2. The van der Waals surface area contributed by atoms with Gasteiger partial charge in [-0.25, -0.2) is 14.3 Å². The molecule has 2 aliphatic rings. The van der Waals surface area contributed by atoms with Gasteiger partial charge in [-0.3, -0.25) is 9.69 Å². The molecule has 0 saturated carbocycles. The summed E-state index contributed by atoms with van der Waals surface area (Å²) in [5, 5.41) is 18.0. The minimum Gasteiger partial charge on any atom is -0.483 e. The van der Waals surface area contributed by atoms with E-state index in [9.17, 15) is 4.79 Å². The van der Waals surface area contributed by atoms with Gasteiger partial charge in [-0.15, -0.1) is 0 Å². The van der Waals surface area contributed by atoms with Crippen molar-refractivity contribution in [1.29, 1.82) is 0 Å². The quantitative estimate of drug-likeness (QED) is 0.499. The van der Waals surface area contributed by atoms with E-state index in [-0.39, 0.29) is 18.0 Å². The Morgan fingerprint density at radius 1 is 1.26 bits per heavy atom. The SMILES string of the molecule is Cc1cc2cc(NC(=O)N3CCc4c(N5CCNC(C)(C)C5)ccnc43)c(C)cn2n1.O=CO. The van der Waals surface area contributed by atoms with Gasteiger partial charge in [-0.1, -0.05) is 0 Å². The first-order valence-electron chi connectivity index (χ1n) is 11.3. The van der Waals surface area contributed by atoms with Gasteiger partial charge in [0.1, 0.15) is 5.82 Å². The van der Waals surface area contributed by atoms with Crippen molar-refractivity contribution in [2.24, 2.45) is 0 Å². The molecule has 10 nitrogen and oxygen atoms in total. The average molecular weight is 466 g/mol. The Morgan fingerprint density at radius 3 is 2.76 bits per heavy atom. The summed E-state index contributed by atoms with van der Waals surface area (Å²) in [6, 6.07) is 5.91. The van der Waals surface area contributed by atoms with Crippen molar-refractivity contribution in [3.8, 4) is 0 Å². The van der Waals surface area contributed by atoms with Gasteiger partial charge < -0.3 is 20.6 Å². The molecule has 3 N–H and O–H groups in total. The van der Waals surface area contributed by atoms with Crippen LogP contribution in [0.1, 0.15) is 30.7 Å². The molecule has 0 atom stereocenters. The number of nitrogens with one attached hydrogen (secondary N) is 2. The van der Waals surface area contributed by atoms with E-state index in [1.54, 1.807) is 4.90 Å². The lowest BCUT2D eigenvalue weighted by atomic mass is 10.0. The van der Waals surface area contributed by atoms with Gasteiger partial charge in [0.05, 0.1) is 11.2 Å². The highest BCUT2D eigenvalue weighted by molar-refractivity contribution is 6.03. The number of nitrogens with zero attached hydrogens (tertiary/aromatic N) is 5. The summed E-state index contributed by atoms with van der Waals surface area (Å²) in [4.78, 5) is 30.3. The van der Waals surface area contributed by atoms with Gasteiger partial charge in [0.2, 0.25) is 0 Å². The Kier molecular flexibility index (Phi) is 6.43. The van der Waals surface area contributed by atoms with Crippen LogP contribution >= 0.6 is 0 Å². The number of hydrogen-bond donors (Lipinski definition) is 3. The lowest BCUT2D eigenvalue weighted by Gasteiger charge is -2.41. The second-order valence-electron chi connectivity index (χ2n) is 9.33. The van der Waals surface area contributed by atoms with Crippen LogP contribution in [0.25, 0.3) is 5.52 Å². The van der Waals surface area contributed by atoms with Crippen molar-refractivity contribution in [2.45, 2.75) is 39.7 Å². The number of hydrogen-bond acceptors (Lipinski definition) is 6. The summed E-state index contributed by atoms with van der Waals surface area (Å²) in [5.74, 6) is 0.769. The maximum atomic E-state index is 13.2. The first-order valence-corrected chi connectivity index (χ1v) is 11.3. The van der Waals surface area contributed by atoms with E-state index >= 15 is 0 Å². The highest BCUT2D eigenvalue weighted by atomic mass is 16.3. The van der Waals surface area contributed by atoms with Gasteiger partial charge in [-0.05, 0) is 57.9 Å². The number of carboxylic acid groups (broad SMARTS) is 1. The summed E-state index contributed by atoms with van der Waals surface area (Å²) in [6.07, 6.45) is 4.58. The summed E-state index contributed by atoms with van der Waals surface area (Å²) in [5.41, 5.74) is 6.09. The van der Waals surface area contributed by atoms with Crippen LogP contribution in [-0.4, -0.2) is 63.9 Å². The predicted octanol–water partition coefficient (Wildman–Crippen LogP) is 2.83. The summed E-state index contributed by atoms with van der Waals surface area (Å²) >= 11 is 0. The van der Waals surface area contributed by atoms with Crippen LogP contribution < -0.4 is 20.4 Å². The van der Waals surface area contributed by atoms with Crippen LogP contribution in [0.2, 0.25) is 0 Å². The largest absolute Gasteiger partial charge is 0.483 e. The van der Waals surface area contributed by atoms with Crippen LogP contribution in [0.5, 0.6) is 0 Å². The van der Waals surface area contributed by atoms with Crippen LogP contribution in [0, 0.1) is 13.8 Å². The highest BCUT2D eigenvalue weighted by Crippen LogP contribution is 2.35. The molecule has 3 aromatic heterocycles. The molecular weight excluding hydrogens is 434 g/mol. The lowest BCUT2D eigenvalue weighted by molar-refractivity contribution is -0.122. The predicted molar refractivity (Wildman–Crippen MR) is 132 cm³/mol. The third-order valence-corrected chi connectivity index (χ3v) is 6.17. The second kappa shape index (κ2) is 9.30. The number of amides is 2. The van der Waals surface area contributed by atoms with Crippen molar-refractivity contribution in [3.63, 3.8) is 0 Å². The zero-order valence-corrected chi connectivity index (χ0v) is 20.0. The molecule has 5 heterocycles. The maximum absolute atomic E-state index is 13.2. The fraction of sp³-hybridized carbons (Fsp3) is 0.417. The Morgan fingerprint density at radius 2 is 2.03 bits per heavy atom. The maximum Gasteiger partial charge on any atom is 0.327 e. The van der Waals surface area contributed by atoms with Crippen LogP contribution in [0.3, 0.4) is 0 Å². The number of aromatic nitrogens is 3. The fourth-order valence-electron chi connectivity index (χ4n) is 4.69. The zero-order chi connectivity index (χ0) is 24.5. The molecule has 10 heteroatoms. The standard InChI is InChI=1S/C23H29N7O.CH2O2/c1-15-13-30-17(11-16(2)27-30)12-19(15)26-22(31)29-9-6-18-20(5-7-24-21(18)29)28-10-8-25-23(3,4)14-28;2-1-3/h5,7,11-13,25H,6,8-10,14H2,1-4H3,(H,26,31);1H,(H,2,3). The molecule has 2 aliphatic heterocycles. The Bertz CT molecular complexity index is 1220. The smallest absolute Gasteiger partial charge is 0.327 e. The lowest BCUT2D eigenvalue weighted by Crippen LogP contribution is -2.57. The van der Waals surface area contributed by atoms with E-state index in [1.165, 1.54) is 5.69 Å². The number of piperazine rings is 1. The number of urea groups is 1. The van der Waals surface area contributed by atoms with Crippen molar-refractivity contribution in [1.82, 2.24) is 19.9 Å². The Balaban J connectivity index is 0.000000868. The Labute approximate surface area is 198 Å². The van der Waals surface area contributed by atoms with E-state index in [1.807, 2.05) is 42.9 Å². The van der Waals surface area contributed by atoms with E-state index < -0.39 is 0 Å². The van der Waals surface area contributed by atoms with E-state index in [0.29, 0.717) is 6.54 Å². The van der Waals surface area contributed by atoms with Crippen molar-refractivity contribution >= 4 is 35.2 Å². The number of anilines is 3. The molecule has 1 fully saturated rings. The van der Waals surface area contributed by atoms with E-state index in [2.05, 4.69) is 45.5 Å². The van der Waals surface area contributed by atoms with Gasteiger partial charge in [0.15, 0.2) is 0 Å². The van der Waals surface area contributed by atoms with Gasteiger partial charge in [-0.2, -0.15) is 5.10 Å². The van der Waals surface area contributed by atoms with E-state index in [4.69, 9.17) is 9.90 Å². The van der Waals surface area contributed by atoms with Gasteiger partial charge >= 0.3 is 6.03 Å².